The first-order valence-corrected chi connectivity index (χ1v) is 12.1. The first kappa shape index (κ1) is 21.4. The van der Waals surface area contributed by atoms with Crippen molar-refractivity contribution in [1.82, 2.24) is 29.5 Å². The van der Waals surface area contributed by atoms with E-state index in [1.54, 1.807) is 11.6 Å². The Morgan fingerprint density at radius 2 is 2.00 bits per heavy atom. The van der Waals surface area contributed by atoms with Gasteiger partial charge in [-0.3, -0.25) is 4.57 Å². The molecule has 6 rings (SSSR count). The smallest absolute Gasteiger partial charge is 0.326 e. The summed E-state index contributed by atoms with van der Waals surface area (Å²) >= 11 is 0. The monoisotopic (exact) mass is 462 g/mol. The lowest BCUT2D eigenvalue weighted by Gasteiger charge is -2.35. The highest BCUT2D eigenvalue weighted by Gasteiger charge is 2.28. The molecule has 2 fully saturated rings. The largest absolute Gasteiger partial charge is 0.493 e. The van der Waals surface area contributed by atoms with Gasteiger partial charge in [-0.05, 0) is 61.4 Å². The quantitative estimate of drug-likeness (QED) is 0.457. The molecule has 2 aliphatic rings. The second-order valence-electron chi connectivity index (χ2n) is 9.41. The molecule has 9 heteroatoms. The number of benzene rings is 1. The Labute approximate surface area is 197 Å². The minimum Gasteiger partial charge on any atom is -0.493 e. The first-order valence-electron chi connectivity index (χ1n) is 12.1. The van der Waals surface area contributed by atoms with Gasteiger partial charge >= 0.3 is 5.69 Å². The fraction of sp³-hybridized carbons (Fsp3) is 0.480. The Bertz CT molecular complexity index is 1390. The number of nitrogens with zero attached hydrogens (tertiary/aromatic N) is 4. The summed E-state index contributed by atoms with van der Waals surface area (Å²) in [6.45, 7) is 3.78. The van der Waals surface area contributed by atoms with Crippen LogP contribution in [0.4, 0.5) is 0 Å². The number of aromatic nitrogens is 5. The molecule has 2 N–H and O–H groups in total. The maximum absolute atomic E-state index is 13.1. The lowest BCUT2D eigenvalue weighted by atomic mass is 9.90. The van der Waals surface area contributed by atoms with E-state index in [1.165, 1.54) is 11.9 Å². The van der Waals surface area contributed by atoms with Crippen LogP contribution < -0.4 is 15.7 Å². The summed E-state index contributed by atoms with van der Waals surface area (Å²) in [4.78, 5) is 20.5. The van der Waals surface area contributed by atoms with E-state index in [-0.39, 0.29) is 11.7 Å². The van der Waals surface area contributed by atoms with E-state index >= 15 is 0 Å². The van der Waals surface area contributed by atoms with E-state index in [9.17, 15) is 4.79 Å². The van der Waals surface area contributed by atoms with Crippen molar-refractivity contribution in [1.29, 1.82) is 0 Å². The number of nitrogens with one attached hydrogen (secondary N) is 2. The Balaban J connectivity index is 1.35. The second kappa shape index (κ2) is 8.56. The Kier molecular flexibility index (Phi) is 5.38. The maximum Gasteiger partial charge on any atom is 0.326 e. The minimum absolute atomic E-state index is 0.0256. The zero-order valence-corrected chi connectivity index (χ0v) is 19.6. The summed E-state index contributed by atoms with van der Waals surface area (Å²) in [5, 5.41) is 7.99. The van der Waals surface area contributed by atoms with Crippen molar-refractivity contribution < 1.29 is 9.47 Å². The van der Waals surface area contributed by atoms with E-state index in [0.29, 0.717) is 23.5 Å². The standard InChI is InChI=1S/C25H30N6O3/c1-3-15-8-22-21(10-20(15)16-9-23(33-2)24-26-14-27-30(24)11-16)29-25(32)31(22)19-6-4-17(5-7-19)28-18-12-34-13-18/h8-11,14,17-19,28H,3-7,12-13H2,1-2H3,(H,29,32). The lowest BCUT2D eigenvalue weighted by Crippen LogP contribution is -2.51. The summed E-state index contributed by atoms with van der Waals surface area (Å²) in [5.74, 6) is 0.669. The van der Waals surface area contributed by atoms with Crippen LogP contribution in [0.15, 0.2) is 35.5 Å². The highest BCUT2D eigenvalue weighted by atomic mass is 16.5. The zero-order valence-electron chi connectivity index (χ0n) is 19.6. The van der Waals surface area contributed by atoms with E-state index in [4.69, 9.17) is 9.47 Å². The van der Waals surface area contributed by atoms with Crippen LogP contribution in [0, 0.1) is 0 Å². The highest BCUT2D eigenvalue weighted by molar-refractivity contribution is 5.85. The normalized spacial score (nSPS) is 21.2. The summed E-state index contributed by atoms with van der Waals surface area (Å²) in [7, 11) is 1.64. The average molecular weight is 463 g/mol. The molecule has 0 bridgehead atoms. The van der Waals surface area contributed by atoms with Crippen molar-refractivity contribution in [3.8, 4) is 16.9 Å². The summed E-state index contributed by atoms with van der Waals surface area (Å²) in [6.07, 6.45) is 8.49. The van der Waals surface area contributed by atoms with Crippen molar-refractivity contribution in [2.24, 2.45) is 0 Å². The molecular weight excluding hydrogens is 432 g/mol. The van der Waals surface area contributed by atoms with Crippen molar-refractivity contribution in [3.63, 3.8) is 0 Å². The van der Waals surface area contributed by atoms with Gasteiger partial charge in [-0.15, -0.1) is 0 Å². The Morgan fingerprint density at radius 3 is 2.71 bits per heavy atom. The molecule has 0 amide bonds. The van der Waals surface area contributed by atoms with Gasteiger partial charge < -0.3 is 19.8 Å². The summed E-state index contributed by atoms with van der Waals surface area (Å²) in [5.41, 5.74) is 5.73. The predicted octanol–water partition coefficient (Wildman–Crippen LogP) is 3.08. The summed E-state index contributed by atoms with van der Waals surface area (Å²) in [6, 6.07) is 7.49. The van der Waals surface area contributed by atoms with Gasteiger partial charge in [-0.2, -0.15) is 5.10 Å². The van der Waals surface area contributed by atoms with E-state index < -0.39 is 0 Å². The third kappa shape index (κ3) is 3.59. The van der Waals surface area contributed by atoms with Crippen LogP contribution in [0.5, 0.6) is 5.75 Å². The van der Waals surface area contributed by atoms with E-state index in [0.717, 1.165) is 67.5 Å². The van der Waals surface area contributed by atoms with Gasteiger partial charge in [0.1, 0.15) is 6.33 Å². The van der Waals surface area contributed by atoms with Crippen molar-refractivity contribution >= 4 is 16.7 Å². The molecule has 1 aliphatic heterocycles. The van der Waals surface area contributed by atoms with E-state index in [1.807, 2.05) is 16.8 Å². The molecule has 1 saturated heterocycles. The van der Waals surface area contributed by atoms with Crippen LogP contribution in [-0.4, -0.2) is 56.6 Å². The number of hydrogen-bond donors (Lipinski definition) is 2. The van der Waals surface area contributed by atoms with Gasteiger partial charge in [0.2, 0.25) is 0 Å². The third-order valence-electron chi connectivity index (χ3n) is 7.37. The number of hydrogen-bond acceptors (Lipinski definition) is 6. The first-order chi connectivity index (χ1) is 16.6. The van der Waals surface area contributed by atoms with Crippen molar-refractivity contribution in [2.75, 3.05) is 20.3 Å². The number of ether oxygens (including phenoxy) is 2. The van der Waals surface area contributed by atoms with Gasteiger partial charge in [-0.25, -0.2) is 14.3 Å². The molecule has 1 saturated carbocycles. The van der Waals surface area contributed by atoms with Gasteiger partial charge in [-0.1, -0.05) is 6.92 Å². The van der Waals surface area contributed by atoms with Gasteiger partial charge in [0, 0.05) is 23.8 Å². The Morgan fingerprint density at radius 1 is 1.18 bits per heavy atom. The fourth-order valence-electron chi connectivity index (χ4n) is 5.50. The molecule has 1 aliphatic carbocycles. The number of H-pyrrole nitrogens is 1. The van der Waals surface area contributed by atoms with Crippen LogP contribution in [0.25, 0.3) is 27.8 Å². The van der Waals surface area contributed by atoms with Crippen LogP contribution in [0.1, 0.15) is 44.2 Å². The number of fused-ring (bicyclic) bond motifs is 2. The SMILES string of the molecule is CCc1cc2c(cc1-c1cc(OC)c3ncnn3c1)[nH]c(=O)n2C1CCC(NC2COC2)CC1. The Hall–Kier alpha value is -3.17. The zero-order chi connectivity index (χ0) is 23.2. The molecule has 9 nitrogen and oxygen atoms in total. The molecular formula is C25H30N6O3. The van der Waals surface area contributed by atoms with Crippen LogP contribution in [-0.2, 0) is 11.2 Å². The molecule has 1 aromatic carbocycles. The van der Waals surface area contributed by atoms with Gasteiger partial charge in [0.15, 0.2) is 11.4 Å². The molecule has 4 aromatic rings. The molecule has 3 aromatic heterocycles. The molecule has 34 heavy (non-hydrogen) atoms. The molecule has 0 atom stereocenters. The van der Waals surface area contributed by atoms with Gasteiger partial charge in [0.25, 0.3) is 0 Å². The molecule has 0 spiro atoms. The van der Waals surface area contributed by atoms with Crippen LogP contribution >= 0.6 is 0 Å². The molecule has 0 unspecified atom stereocenters. The minimum atomic E-state index is -0.0256. The number of imidazole rings is 1. The van der Waals surface area contributed by atoms with E-state index in [2.05, 4.69) is 39.4 Å². The van der Waals surface area contributed by atoms with Crippen LogP contribution in [0.3, 0.4) is 0 Å². The number of methoxy groups -OCH3 is 1. The topological polar surface area (TPSA) is 98.5 Å². The predicted molar refractivity (Wildman–Crippen MR) is 130 cm³/mol. The molecule has 0 radical (unpaired) electrons. The van der Waals surface area contributed by atoms with Crippen LogP contribution in [0.2, 0.25) is 0 Å². The summed E-state index contributed by atoms with van der Waals surface area (Å²) < 4.78 is 14.6. The second-order valence-corrected chi connectivity index (χ2v) is 9.41. The number of rotatable bonds is 6. The van der Waals surface area contributed by atoms with Crippen molar-refractivity contribution in [2.45, 2.75) is 57.2 Å². The lowest BCUT2D eigenvalue weighted by molar-refractivity contribution is -0.0125. The van der Waals surface area contributed by atoms with Crippen molar-refractivity contribution in [3.05, 3.63) is 46.8 Å². The molecule has 4 heterocycles. The average Bonchev–Trinajstić information content (AvgIpc) is 3.43. The number of aryl methyl sites for hydroxylation is 1. The van der Waals surface area contributed by atoms with Gasteiger partial charge in [0.05, 0.1) is 37.4 Å². The maximum atomic E-state index is 13.1. The molecule has 178 valence electrons. The number of pyridine rings is 1. The fourth-order valence-corrected chi connectivity index (χ4v) is 5.50. The number of aromatic amines is 1. The highest BCUT2D eigenvalue weighted by Crippen LogP contribution is 2.35. The third-order valence-corrected chi connectivity index (χ3v) is 7.37.